The molecule has 0 spiro atoms. The summed E-state index contributed by atoms with van der Waals surface area (Å²) in [7, 11) is 0. The van der Waals surface area contributed by atoms with Crippen LogP contribution in [-0.2, 0) is 22.3 Å². The Balaban J connectivity index is 1.55. The van der Waals surface area contributed by atoms with Crippen LogP contribution in [0.5, 0.6) is 0 Å². The number of carbonyl (C=O) groups is 2. The summed E-state index contributed by atoms with van der Waals surface area (Å²) >= 11 is 5.19. The second-order valence-corrected chi connectivity index (χ2v) is 7.51. The Morgan fingerprint density at radius 1 is 1.12 bits per heavy atom. The molecule has 5 nitrogen and oxygen atoms in total. The van der Waals surface area contributed by atoms with Gasteiger partial charge in [-0.3, -0.25) is 14.5 Å². The molecule has 162 valence electrons. The molecule has 0 aromatic heterocycles. The lowest BCUT2D eigenvalue weighted by Gasteiger charge is -2.31. The Labute approximate surface area is 186 Å². The number of rotatable bonds is 4. The van der Waals surface area contributed by atoms with E-state index in [2.05, 4.69) is 10.3 Å². The number of amides is 2. The van der Waals surface area contributed by atoms with E-state index in [1.54, 1.807) is 0 Å². The monoisotopic (exact) mass is 455 g/mol. The van der Waals surface area contributed by atoms with Crippen molar-refractivity contribution in [2.24, 2.45) is 10.9 Å². The fourth-order valence-electron chi connectivity index (χ4n) is 3.38. The van der Waals surface area contributed by atoms with Crippen molar-refractivity contribution in [3.8, 4) is 0 Å². The highest BCUT2D eigenvalue weighted by Gasteiger charge is 2.37. The Kier molecular flexibility index (Phi) is 5.75. The van der Waals surface area contributed by atoms with Gasteiger partial charge in [-0.15, -0.1) is 0 Å². The molecule has 0 saturated heterocycles. The van der Waals surface area contributed by atoms with Crippen molar-refractivity contribution in [1.82, 2.24) is 5.32 Å². The largest absolute Gasteiger partial charge is 0.416 e. The van der Waals surface area contributed by atoms with Crippen molar-refractivity contribution in [1.29, 1.82) is 0 Å². The van der Waals surface area contributed by atoms with Gasteiger partial charge in [0.2, 0.25) is 11.0 Å². The lowest BCUT2D eigenvalue weighted by molar-refractivity contribution is -0.137. The number of allylic oxidation sites excluding steroid dienone is 1. The van der Waals surface area contributed by atoms with Crippen molar-refractivity contribution < 1.29 is 22.8 Å². The zero-order valence-corrected chi connectivity index (χ0v) is 17.3. The van der Waals surface area contributed by atoms with E-state index in [9.17, 15) is 22.8 Å². The maximum atomic E-state index is 13.1. The Morgan fingerprint density at radius 3 is 2.59 bits per heavy atom. The van der Waals surface area contributed by atoms with E-state index in [4.69, 9.17) is 12.2 Å². The summed E-state index contributed by atoms with van der Waals surface area (Å²) in [5.74, 6) is -1.72. The fourth-order valence-corrected chi connectivity index (χ4v) is 3.68. The molecule has 9 heteroatoms. The van der Waals surface area contributed by atoms with Crippen molar-refractivity contribution in [3.05, 3.63) is 89.5 Å². The summed E-state index contributed by atoms with van der Waals surface area (Å²) in [6.45, 7) is 0.335. The number of hydrogen-bond acceptors (Lipinski definition) is 3. The summed E-state index contributed by atoms with van der Waals surface area (Å²) in [6, 6.07) is 13.7. The second-order valence-electron chi connectivity index (χ2n) is 7.15. The summed E-state index contributed by atoms with van der Waals surface area (Å²) in [4.78, 5) is 30.7. The van der Waals surface area contributed by atoms with Crippen LogP contribution < -0.4 is 10.2 Å². The number of alkyl halides is 3. The number of benzene rings is 2. The molecule has 2 aliphatic rings. The van der Waals surface area contributed by atoms with Gasteiger partial charge in [0, 0.05) is 12.1 Å². The maximum Gasteiger partial charge on any atom is 0.416 e. The van der Waals surface area contributed by atoms with E-state index < -0.39 is 23.6 Å². The Morgan fingerprint density at radius 2 is 1.88 bits per heavy atom. The number of anilines is 1. The average molecular weight is 455 g/mol. The van der Waals surface area contributed by atoms with Gasteiger partial charge in [-0.05, 0) is 42.1 Å². The van der Waals surface area contributed by atoms with Gasteiger partial charge in [0.25, 0.3) is 5.91 Å². The number of thiocarbonyl (C=S) groups is 1. The van der Waals surface area contributed by atoms with Crippen molar-refractivity contribution >= 4 is 40.5 Å². The molecule has 0 saturated carbocycles. The minimum atomic E-state index is -4.56. The van der Waals surface area contributed by atoms with Gasteiger partial charge in [0.15, 0.2) is 0 Å². The summed E-state index contributed by atoms with van der Waals surface area (Å²) in [5, 5.41) is 2.61. The third-order valence-corrected chi connectivity index (χ3v) is 5.26. The molecular weight excluding hydrogens is 439 g/mol. The average Bonchev–Trinajstić information content (AvgIpc) is 2.77. The van der Waals surface area contributed by atoms with Crippen LogP contribution in [0, 0.1) is 5.92 Å². The van der Waals surface area contributed by atoms with E-state index in [0.717, 1.165) is 22.6 Å². The van der Waals surface area contributed by atoms with Gasteiger partial charge in [-0.2, -0.15) is 13.2 Å². The quantitative estimate of drug-likeness (QED) is 0.703. The second kappa shape index (κ2) is 8.51. The first-order valence-corrected chi connectivity index (χ1v) is 10.0. The van der Waals surface area contributed by atoms with Crippen LogP contribution >= 0.6 is 12.2 Å². The number of fused-ring (bicyclic) bond motifs is 1. The first-order chi connectivity index (χ1) is 15.2. The molecule has 1 atom stereocenters. The number of carbonyl (C=O) groups excluding carboxylic acids is 2. The van der Waals surface area contributed by atoms with Crippen LogP contribution in [0.2, 0.25) is 0 Å². The van der Waals surface area contributed by atoms with E-state index >= 15 is 0 Å². The summed E-state index contributed by atoms with van der Waals surface area (Å²) < 4.78 is 39.2. The van der Waals surface area contributed by atoms with E-state index in [1.807, 2.05) is 30.3 Å². The molecular formula is C23H16F3N3O2S. The topological polar surface area (TPSA) is 61.8 Å². The molecule has 2 aromatic rings. The number of hydrogen-bond donors (Lipinski definition) is 1. The molecule has 2 aromatic carbocycles. The third kappa shape index (κ3) is 4.38. The lowest BCUT2D eigenvalue weighted by atomic mass is 9.91. The number of halogens is 3. The molecule has 32 heavy (non-hydrogen) atoms. The van der Waals surface area contributed by atoms with E-state index in [0.29, 0.717) is 12.1 Å². The molecule has 4 rings (SSSR count). The molecule has 0 fully saturated rings. The maximum absolute atomic E-state index is 13.1. The summed E-state index contributed by atoms with van der Waals surface area (Å²) in [6.07, 6.45) is -0.0827. The summed E-state index contributed by atoms with van der Waals surface area (Å²) in [5.41, 5.74) is 0.607. The van der Waals surface area contributed by atoms with E-state index in [1.165, 1.54) is 30.4 Å². The first-order valence-electron chi connectivity index (χ1n) is 9.60. The van der Waals surface area contributed by atoms with Crippen LogP contribution in [0.1, 0.15) is 11.1 Å². The standard InChI is InChI=1S/C23H16F3N3O2S/c24-23(25,26)16-7-4-8-17(12-16)29-21(31)18-10-9-15(11-19(18)28-22(29)32)20(30)27-13-14-5-2-1-3-6-14/h1-12,18H,13H2,(H,27,30)/t18-/m0/s1. The van der Waals surface area contributed by atoms with Gasteiger partial charge >= 0.3 is 6.18 Å². The molecule has 0 radical (unpaired) electrons. The van der Waals surface area contributed by atoms with Gasteiger partial charge in [-0.1, -0.05) is 48.6 Å². The SMILES string of the molecule is O=C(NCc1ccccc1)C1=CC2=NC(=S)N(c3cccc(C(F)(F)F)c3)C(=O)[C@H]2C=C1. The van der Waals surface area contributed by atoms with Crippen LogP contribution in [0.25, 0.3) is 0 Å². The zero-order valence-electron chi connectivity index (χ0n) is 16.5. The van der Waals surface area contributed by atoms with Gasteiger partial charge in [0.1, 0.15) is 0 Å². The van der Waals surface area contributed by atoms with Crippen LogP contribution in [0.15, 0.2) is 83.4 Å². The van der Waals surface area contributed by atoms with Crippen molar-refractivity contribution in [3.63, 3.8) is 0 Å². The van der Waals surface area contributed by atoms with Crippen LogP contribution in [-0.4, -0.2) is 22.6 Å². The highest BCUT2D eigenvalue weighted by Crippen LogP contribution is 2.33. The molecule has 1 heterocycles. The normalized spacial score (nSPS) is 18.1. The van der Waals surface area contributed by atoms with Crippen LogP contribution in [0.4, 0.5) is 18.9 Å². The van der Waals surface area contributed by atoms with Crippen molar-refractivity contribution in [2.75, 3.05) is 4.90 Å². The van der Waals surface area contributed by atoms with Crippen LogP contribution in [0.3, 0.4) is 0 Å². The predicted molar refractivity (Wildman–Crippen MR) is 118 cm³/mol. The zero-order chi connectivity index (χ0) is 22.9. The highest BCUT2D eigenvalue weighted by molar-refractivity contribution is 7.80. The molecule has 1 N–H and O–H groups in total. The molecule has 0 bridgehead atoms. The van der Waals surface area contributed by atoms with Gasteiger partial charge in [-0.25, -0.2) is 4.99 Å². The smallest absolute Gasteiger partial charge is 0.348 e. The van der Waals surface area contributed by atoms with E-state index in [-0.39, 0.29) is 22.4 Å². The fraction of sp³-hybridized carbons (Fsp3) is 0.130. The molecule has 2 amide bonds. The lowest BCUT2D eigenvalue weighted by Crippen LogP contribution is -2.46. The number of aliphatic imine (C=N–C) groups is 1. The molecule has 0 unspecified atom stereocenters. The van der Waals surface area contributed by atoms with Gasteiger partial charge < -0.3 is 5.32 Å². The molecule has 1 aliphatic carbocycles. The molecule has 1 aliphatic heterocycles. The highest BCUT2D eigenvalue weighted by atomic mass is 32.1. The Bertz CT molecular complexity index is 1190. The predicted octanol–water partition coefficient (Wildman–Crippen LogP) is 4.21. The minimum absolute atomic E-state index is 0.0126. The van der Waals surface area contributed by atoms with Crippen molar-refractivity contribution in [2.45, 2.75) is 12.7 Å². The minimum Gasteiger partial charge on any atom is -0.348 e. The van der Waals surface area contributed by atoms with Gasteiger partial charge in [0.05, 0.1) is 22.9 Å². The Hall–Kier alpha value is -3.59. The number of nitrogens with one attached hydrogen (secondary N) is 1. The number of nitrogens with zero attached hydrogens (tertiary/aromatic N) is 2. The first kappa shape index (κ1) is 21.6. The third-order valence-electron chi connectivity index (χ3n) is 4.98.